The Bertz CT molecular complexity index is 2500. The molecule has 9 aromatic carbocycles. The van der Waals surface area contributed by atoms with Gasteiger partial charge in [-0.05, 0) is 89.6 Å². The Morgan fingerprint density at radius 2 is 0.537 bits per heavy atom. The van der Waals surface area contributed by atoms with Gasteiger partial charge in [-0.15, -0.1) is 11.1 Å². The lowest BCUT2D eigenvalue weighted by Crippen LogP contribution is -2.08. The number of hydrogen-bond donors (Lipinski definition) is 0. The third-order valence-electron chi connectivity index (χ3n) is 10.7. The van der Waals surface area contributed by atoms with E-state index in [4.69, 9.17) is 0 Å². The molecule has 0 aliphatic heterocycles. The molecule has 0 aliphatic carbocycles. The molecular weight excluding hydrogens is 681 g/mol. The zero-order valence-electron chi connectivity index (χ0n) is 30.0. The van der Waals surface area contributed by atoms with Crippen LogP contribution in [0.2, 0.25) is 0 Å². The zero-order chi connectivity index (χ0) is 36.1. The third kappa shape index (κ3) is 6.78. The molecule has 9 rings (SSSR count). The second-order valence-electron chi connectivity index (χ2n) is 14.0. The van der Waals surface area contributed by atoms with Crippen LogP contribution in [0.4, 0.5) is 0 Å². The van der Waals surface area contributed by atoms with Crippen molar-refractivity contribution >= 4 is 62.1 Å². The van der Waals surface area contributed by atoms with Crippen molar-refractivity contribution in [1.82, 2.24) is 0 Å². The summed E-state index contributed by atoms with van der Waals surface area (Å²) in [6.07, 6.45) is 0. The minimum absolute atomic E-state index is 0.316. The van der Waals surface area contributed by atoms with E-state index in [0.29, 0.717) is 11.1 Å². The third-order valence-corrected chi connectivity index (χ3v) is 14.2. The van der Waals surface area contributed by atoms with Crippen molar-refractivity contribution < 1.29 is 0 Å². The SMILES string of the molecule is C(#Cc1c2cc3ccccc3cc2c(C#C[SiH2]C(c2ccccc2)c2ccccc2)c2cc3ccccc3cc12)[SiH2]C(c1ccccc1)c1ccccc1. The van der Waals surface area contributed by atoms with Crippen molar-refractivity contribution in [2.75, 3.05) is 0 Å². The van der Waals surface area contributed by atoms with Crippen LogP contribution in [0, 0.1) is 22.9 Å². The number of hydrogen-bond acceptors (Lipinski definition) is 0. The van der Waals surface area contributed by atoms with Gasteiger partial charge in [-0.1, -0.05) is 182 Å². The summed E-state index contributed by atoms with van der Waals surface area (Å²) in [6, 6.07) is 70.4. The van der Waals surface area contributed by atoms with Gasteiger partial charge in [0.2, 0.25) is 0 Å². The topological polar surface area (TPSA) is 0 Å². The Morgan fingerprint density at radius 3 is 0.796 bits per heavy atom. The van der Waals surface area contributed by atoms with E-state index in [1.165, 1.54) is 65.3 Å². The van der Waals surface area contributed by atoms with Crippen LogP contribution in [0.5, 0.6) is 0 Å². The second-order valence-corrected chi connectivity index (χ2v) is 17.2. The molecule has 0 aliphatic rings. The first-order chi connectivity index (χ1) is 26.8. The lowest BCUT2D eigenvalue weighted by atomic mass is 9.89. The van der Waals surface area contributed by atoms with Gasteiger partial charge < -0.3 is 0 Å². The molecule has 0 heterocycles. The van der Waals surface area contributed by atoms with Crippen molar-refractivity contribution in [3.8, 4) is 22.9 Å². The van der Waals surface area contributed by atoms with E-state index in [2.05, 4.69) is 217 Å². The predicted octanol–water partition coefficient (Wildman–Crippen LogP) is 10.8. The van der Waals surface area contributed by atoms with Gasteiger partial charge in [0.15, 0.2) is 0 Å². The molecule has 0 saturated heterocycles. The van der Waals surface area contributed by atoms with Crippen LogP contribution in [0.25, 0.3) is 43.1 Å². The first-order valence-electron chi connectivity index (χ1n) is 18.8. The van der Waals surface area contributed by atoms with E-state index >= 15 is 0 Å². The summed E-state index contributed by atoms with van der Waals surface area (Å²) in [5.74, 6) is 7.69. The molecule has 0 nitrogen and oxygen atoms in total. The molecule has 0 spiro atoms. The van der Waals surface area contributed by atoms with E-state index in [1.807, 2.05) is 0 Å². The minimum Gasteiger partial charge on any atom is -0.133 e. The fourth-order valence-corrected chi connectivity index (χ4v) is 10.9. The highest BCUT2D eigenvalue weighted by Crippen LogP contribution is 2.37. The molecule has 0 radical (unpaired) electrons. The van der Waals surface area contributed by atoms with Gasteiger partial charge in [-0.2, -0.15) is 0 Å². The smallest absolute Gasteiger partial charge is 0.119 e. The molecule has 0 saturated carbocycles. The maximum absolute atomic E-state index is 3.85. The second kappa shape index (κ2) is 15.3. The van der Waals surface area contributed by atoms with Gasteiger partial charge in [0.05, 0.1) is 0 Å². The molecule has 2 heteroatoms. The summed E-state index contributed by atoms with van der Waals surface area (Å²) in [4.78, 5) is 0. The van der Waals surface area contributed by atoms with Crippen LogP contribution in [0.1, 0.15) is 44.5 Å². The van der Waals surface area contributed by atoms with Gasteiger partial charge in [0.1, 0.15) is 19.0 Å². The monoisotopic (exact) mass is 718 g/mol. The number of benzene rings is 9. The molecule has 0 bridgehead atoms. The standard InChI is InChI=1S/C52H38Si2/c1-5-17-37(18-6-1)51(38-19-7-2-8-20-38)53-31-29-45-47-33-41-25-13-15-27-43(41)35-49(47)46(50-36-44-28-16-14-26-42(44)34-48(45)50)30-32-54-52(39-21-9-3-10-22-39)40-23-11-4-12-24-40/h1-28,33-36,51-52H,53-54H2. The normalized spacial score (nSPS) is 11.6. The first kappa shape index (κ1) is 33.4. The number of rotatable bonds is 6. The van der Waals surface area contributed by atoms with E-state index in [0.717, 1.165) is 11.1 Å². The minimum atomic E-state index is -0.897. The van der Waals surface area contributed by atoms with E-state index in [-0.39, 0.29) is 0 Å². The van der Waals surface area contributed by atoms with Crippen LogP contribution in [0.3, 0.4) is 0 Å². The molecule has 0 N–H and O–H groups in total. The lowest BCUT2D eigenvalue weighted by Gasteiger charge is -2.16. The summed E-state index contributed by atoms with van der Waals surface area (Å²) in [5.41, 5.74) is 15.9. The van der Waals surface area contributed by atoms with Crippen LogP contribution < -0.4 is 0 Å². The van der Waals surface area contributed by atoms with Crippen LogP contribution in [0.15, 0.2) is 194 Å². The van der Waals surface area contributed by atoms with Crippen molar-refractivity contribution in [2.24, 2.45) is 0 Å². The Hall–Kier alpha value is -6.43. The van der Waals surface area contributed by atoms with Gasteiger partial charge in [0, 0.05) is 22.2 Å². The van der Waals surface area contributed by atoms with Gasteiger partial charge in [-0.3, -0.25) is 0 Å². The molecule has 0 fully saturated rings. The van der Waals surface area contributed by atoms with Crippen LogP contribution in [-0.2, 0) is 0 Å². The maximum Gasteiger partial charge on any atom is 0.119 e. The predicted molar refractivity (Wildman–Crippen MR) is 237 cm³/mol. The summed E-state index contributed by atoms with van der Waals surface area (Å²) < 4.78 is 0. The van der Waals surface area contributed by atoms with E-state index in [9.17, 15) is 0 Å². The van der Waals surface area contributed by atoms with E-state index < -0.39 is 19.0 Å². The highest BCUT2D eigenvalue weighted by atomic mass is 28.2. The van der Waals surface area contributed by atoms with E-state index in [1.54, 1.807) is 0 Å². The summed E-state index contributed by atoms with van der Waals surface area (Å²) in [6.45, 7) is 0. The summed E-state index contributed by atoms with van der Waals surface area (Å²) in [5, 5.41) is 9.61. The van der Waals surface area contributed by atoms with Crippen molar-refractivity contribution in [3.05, 3.63) is 228 Å². The summed E-state index contributed by atoms with van der Waals surface area (Å²) in [7, 11) is -1.79. The average Bonchev–Trinajstić information content (AvgIpc) is 3.24. The lowest BCUT2D eigenvalue weighted by molar-refractivity contribution is 1.13. The molecule has 0 aromatic heterocycles. The Morgan fingerprint density at radius 1 is 0.296 bits per heavy atom. The van der Waals surface area contributed by atoms with Crippen LogP contribution in [-0.4, -0.2) is 19.0 Å². The van der Waals surface area contributed by atoms with Crippen molar-refractivity contribution in [1.29, 1.82) is 0 Å². The molecule has 0 atom stereocenters. The molecule has 0 unspecified atom stereocenters. The summed E-state index contributed by atoms with van der Waals surface area (Å²) >= 11 is 0. The highest BCUT2D eigenvalue weighted by Gasteiger charge is 2.17. The Labute approximate surface area is 322 Å². The van der Waals surface area contributed by atoms with Gasteiger partial charge >= 0.3 is 0 Å². The molecule has 9 aromatic rings. The van der Waals surface area contributed by atoms with Crippen LogP contribution >= 0.6 is 0 Å². The molecule has 54 heavy (non-hydrogen) atoms. The zero-order valence-corrected chi connectivity index (χ0v) is 32.9. The molecule has 0 amide bonds. The molecule has 254 valence electrons. The van der Waals surface area contributed by atoms with Gasteiger partial charge in [-0.25, -0.2) is 0 Å². The fraction of sp³-hybridized carbons (Fsp3) is 0.0385. The quantitative estimate of drug-likeness (QED) is 0.0912. The average molecular weight is 719 g/mol. The largest absolute Gasteiger partial charge is 0.133 e. The van der Waals surface area contributed by atoms with Crippen molar-refractivity contribution in [3.63, 3.8) is 0 Å². The highest BCUT2D eigenvalue weighted by molar-refractivity contribution is 6.49. The Balaban J connectivity index is 1.25. The molecular formula is C52H38Si2. The van der Waals surface area contributed by atoms with Gasteiger partial charge in [0.25, 0.3) is 0 Å². The maximum atomic E-state index is 3.85. The first-order valence-corrected chi connectivity index (χ1v) is 21.8. The number of fused-ring (bicyclic) bond motifs is 4. The van der Waals surface area contributed by atoms with Crippen molar-refractivity contribution in [2.45, 2.75) is 11.1 Å². The fourth-order valence-electron chi connectivity index (χ4n) is 7.95. The Kier molecular flexibility index (Phi) is 9.45.